The van der Waals surface area contributed by atoms with Crippen LogP contribution in [0.4, 0.5) is 0 Å². The molecule has 0 aliphatic rings. The average Bonchev–Trinajstić information content (AvgIpc) is 3.85. The smallest absolute Gasteiger partial charge is 0.125 e. The molecule has 0 saturated carbocycles. The van der Waals surface area contributed by atoms with Gasteiger partial charge in [0.25, 0.3) is 0 Å². The van der Waals surface area contributed by atoms with Crippen molar-refractivity contribution >= 4 is 0 Å². The van der Waals surface area contributed by atoms with Gasteiger partial charge in [0, 0.05) is 123 Å². The van der Waals surface area contributed by atoms with Crippen LogP contribution in [0.5, 0.6) is 0 Å². The van der Waals surface area contributed by atoms with E-state index in [-0.39, 0.29) is 0 Å². The number of aryl methyl sites for hydroxylation is 20. The van der Waals surface area contributed by atoms with Gasteiger partial charge in [0.05, 0.1) is 40.4 Å². The first-order chi connectivity index (χ1) is 47.4. The minimum absolute atomic E-state index is 0.829. The second-order valence-corrected chi connectivity index (χ2v) is 18.2. The molecule has 0 atom stereocenters. The summed E-state index contributed by atoms with van der Waals surface area (Å²) in [6.45, 7) is 77.1. The van der Waals surface area contributed by atoms with Crippen LogP contribution in [0.1, 0.15) is 246 Å². The third-order valence-electron chi connectivity index (χ3n) is 9.24. The molecule has 0 N–H and O–H groups in total. The van der Waals surface area contributed by atoms with E-state index in [1.54, 1.807) is 54.3 Å². The molecule has 0 bridgehead atoms. The summed E-state index contributed by atoms with van der Waals surface area (Å²) in [7, 11) is 1.91. The summed E-state index contributed by atoms with van der Waals surface area (Å²) in [5.74, 6) is 3.33. The molecule has 556 valence electrons. The highest BCUT2D eigenvalue weighted by Gasteiger charge is 1.89. The lowest BCUT2D eigenvalue weighted by molar-refractivity contribution is 0.767. The van der Waals surface area contributed by atoms with Crippen LogP contribution in [0.2, 0.25) is 0 Å². The van der Waals surface area contributed by atoms with Crippen molar-refractivity contribution in [1.29, 1.82) is 0 Å². The van der Waals surface area contributed by atoms with Crippen LogP contribution in [0.25, 0.3) is 0 Å². The minimum Gasteiger partial charge on any atom is -0.276 e. The summed E-state index contributed by atoms with van der Waals surface area (Å²) in [5, 5.41) is 3.93. The second-order valence-electron chi connectivity index (χ2n) is 18.2. The molecule has 0 amide bonds. The zero-order chi connectivity index (χ0) is 79.1. The first-order valence-electron chi connectivity index (χ1n) is 35.4. The van der Waals surface area contributed by atoms with Gasteiger partial charge in [-0.3, -0.25) is 44.6 Å². The molecule has 0 radical (unpaired) electrons. The number of aromatic nitrogens is 18. The van der Waals surface area contributed by atoms with E-state index in [4.69, 9.17) is 0 Å². The fraction of sp³-hybridized carbons (Fsp3) is 0.494. The fourth-order valence-corrected chi connectivity index (χ4v) is 5.50. The van der Waals surface area contributed by atoms with Crippen LogP contribution in [-0.4, -0.2) is 89.5 Å². The van der Waals surface area contributed by atoms with Gasteiger partial charge in [-0.25, -0.2) is 39.9 Å². The fourth-order valence-electron chi connectivity index (χ4n) is 5.50. The van der Waals surface area contributed by atoms with Gasteiger partial charge in [-0.2, -0.15) is 5.10 Å². The summed E-state index contributed by atoms with van der Waals surface area (Å²) in [5.41, 5.74) is 16.1. The second kappa shape index (κ2) is 85.2. The largest absolute Gasteiger partial charge is 0.276 e. The molecule has 18 nitrogen and oxygen atoms in total. The molecule has 10 aromatic rings. The van der Waals surface area contributed by atoms with Gasteiger partial charge < -0.3 is 0 Å². The van der Waals surface area contributed by atoms with E-state index in [2.05, 4.69) is 104 Å². The van der Waals surface area contributed by atoms with Gasteiger partial charge in [0.2, 0.25) is 0 Å². The quantitative estimate of drug-likeness (QED) is 0.138. The van der Waals surface area contributed by atoms with Crippen LogP contribution in [0, 0.1) is 132 Å². The van der Waals surface area contributed by atoms with Crippen LogP contribution in [0.15, 0.2) is 136 Å². The Hall–Kier alpha value is -8.93. The van der Waals surface area contributed by atoms with Gasteiger partial charge in [0.1, 0.15) is 23.3 Å². The zero-order valence-electron chi connectivity index (χ0n) is 70.3. The Morgan fingerprint density at radius 2 is 0.515 bits per heavy atom. The zero-order valence-corrected chi connectivity index (χ0v) is 70.3. The standard InChI is InChI=1S/2C7H9N.7C6H8N2.C5H8N2.10C2H6/c1-6-3-7(2)5-8-4-6;1-6-3-4-8-7(2)5-6;2*1-5-3-8-6(2)4-7-5;1-5-3-7-4-6(2)8-5;2*1-5-3-7-6(2)8-4-5;2*1-5-3-4-7-6(2)8-5;1-5-3-6-7(2)4-5;10*1-2/h2*3-5H,1-2H3;7*3-4H,1-2H3;3-4H,1-2H3;10*1-2H3. The number of nitrogens with zero attached hydrogens (tertiary/aromatic N) is 18. The van der Waals surface area contributed by atoms with E-state index in [0.717, 1.165) is 85.7 Å². The molecule has 0 spiro atoms. The molecule has 0 unspecified atom stereocenters. The van der Waals surface area contributed by atoms with E-state index < -0.39 is 0 Å². The lowest BCUT2D eigenvalue weighted by atomic mass is 10.2. The number of pyridine rings is 2. The Kier molecular flexibility index (Phi) is 95.9. The van der Waals surface area contributed by atoms with Gasteiger partial charge in [-0.15, -0.1) is 0 Å². The molecular weight excluding hydrogens is 1230 g/mol. The Morgan fingerprint density at radius 3 is 0.677 bits per heavy atom. The Bertz CT molecular complexity index is 2560. The van der Waals surface area contributed by atoms with E-state index in [0.29, 0.717) is 0 Å². The summed E-state index contributed by atoms with van der Waals surface area (Å²) in [6, 6.07) is 9.92. The number of rotatable bonds is 0. The predicted molar refractivity (Wildman–Crippen MR) is 429 cm³/mol. The van der Waals surface area contributed by atoms with Gasteiger partial charge in [-0.1, -0.05) is 145 Å². The van der Waals surface area contributed by atoms with Crippen molar-refractivity contribution in [1.82, 2.24) is 89.5 Å². The predicted octanol–water partition coefficient (Wildman–Crippen LogP) is 22.0. The van der Waals surface area contributed by atoms with Gasteiger partial charge in [-0.05, 0) is 189 Å². The highest BCUT2D eigenvalue weighted by atomic mass is 15.2. The Labute approximate surface area is 607 Å². The molecule has 10 aromatic heterocycles. The van der Waals surface area contributed by atoms with Gasteiger partial charge >= 0.3 is 0 Å². The summed E-state index contributed by atoms with van der Waals surface area (Å²) < 4.78 is 1.79. The maximum absolute atomic E-state index is 4.11. The van der Waals surface area contributed by atoms with Crippen LogP contribution >= 0.6 is 0 Å². The molecule has 99 heavy (non-hydrogen) atoms. The molecule has 0 aliphatic carbocycles. The molecule has 0 fully saturated rings. The number of hydrogen-bond donors (Lipinski definition) is 0. The summed E-state index contributed by atoms with van der Waals surface area (Å²) in [6.07, 6.45) is 30.6. The summed E-state index contributed by atoms with van der Waals surface area (Å²) in [4.78, 5) is 64.0. The van der Waals surface area contributed by atoms with Crippen molar-refractivity contribution in [3.8, 4) is 0 Å². The van der Waals surface area contributed by atoms with E-state index in [9.17, 15) is 0 Å². The third kappa shape index (κ3) is 83.2. The Morgan fingerprint density at radius 1 is 0.212 bits per heavy atom. The van der Waals surface area contributed by atoms with Crippen molar-refractivity contribution in [2.45, 2.75) is 270 Å². The first kappa shape index (κ1) is 111. The van der Waals surface area contributed by atoms with Crippen molar-refractivity contribution in [2.75, 3.05) is 0 Å². The molecule has 10 heterocycles. The van der Waals surface area contributed by atoms with E-state index in [1.165, 1.54) is 22.3 Å². The van der Waals surface area contributed by atoms with Crippen molar-refractivity contribution < 1.29 is 0 Å². The van der Waals surface area contributed by atoms with Crippen LogP contribution < -0.4 is 0 Å². The van der Waals surface area contributed by atoms with E-state index >= 15 is 0 Å². The van der Waals surface area contributed by atoms with Crippen LogP contribution in [0.3, 0.4) is 0 Å². The maximum Gasteiger partial charge on any atom is 0.125 e. The highest BCUT2D eigenvalue weighted by Crippen LogP contribution is 1.99. The molecule has 0 saturated heterocycles. The molecule has 10 rings (SSSR count). The maximum atomic E-state index is 4.11. The minimum atomic E-state index is 0.829. The molecular formula is C81H142N18. The summed E-state index contributed by atoms with van der Waals surface area (Å²) >= 11 is 0. The van der Waals surface area contributed by atoms with E-state index in [1.807, 2.05) is 344 Å². The molecule has 0 aromatic carbocycles. The topological polar surface area (TPSA) is 224 Å². The lowest BCUT2D eigenvalue weighted by Crippen LogP contribution is -1.86. The third-order valence-corrected chi connectivity index (χ3v) is 9.24. The highest BCUT2D eigenvalue weighted by molar-refractivity contribution is 5.15. The lowest BCUT2D eigenvalue weighted by Gasteiger charge is -1.90. The Balaban J connectivity index is -0.000000108. The monoisotopic (exact) mass is 1370 g/mol. The average molecular weight is 1370 g/mol. The van der Waals surface area contributed by atoms with Crippen molar-refractivity contribution in [3.05, 3.63) is 244 Å². The molecule has 18 heteroatoms. The first-order valence-corrected chi connectivity index (χ1v) is 35.4. The SMILES string of the molecule is CC.CC.CC.CC.CC.CC.CC.CC.CC.CC.Cc1ccnc(C)c1.Cc1ccnc(C)n1.Cc1ccnc(C)n1.Cc1cnc(C)cn1.Cc1cnc(C)cn1.Cc1cnc(C)nc1.Cc1cnc(C)nc1.Cc1cncc(C)c1.Cc1cncc(C)n1.Cc1cnn(C)c1. The normalized spacial score (nSPS) is 8.00. The van der Waals surface area contributed by atoms with Gasteiger partial charge in [0.15, 0.2) is 0 Å². The van der Waals surface area contributed by atoms with Crippen LogP contribution in [-0.2, 0) is 7.05 Å². The molecule has 0 aliphatic heterocycles. The number of hydrogen-bond acceptors (Lipinski definition) is 17. The van der Waals surface area contributed by atoms with Crippen molar-refractivity contribution in [3.63, 3.8) is 0 Å². The van der Waals surface area contributed by atoms with Crippen molar-refractivity contribution in [2.24, 2.45) is 7.05 Å².